The van der Waals surface area contributed by atoms with Gasteiger partial charge in [-0.05, 0) is 49.9 Å². The van der Waals surface area contributed by atoms with Crippen LogP contribution in [0.4, 0.5) is 10.5 Å². The van der Waals surface area contributed by atoms with Crippen molar-refractivity contribution in [2.24, 2.45) is 5.10 Å². The number of carbonyl (C=O) groups excluding carboxylic acids is 2. The van der Waals surface area contributed by atoms with E-state index in [9.17, 15) is 9.59 Å². The van der Waals surface area contributed by atoms with E-state index >= 15 is 0 Å². The van der Waals surface area contributed by atoms with Gasteiger partial charge >= 0.3 is 5.24 Å². The molecule has 0 spiro atoms. The lowest BCUT2D eigenvalue weighted by molar-refractivity contribution is -0.116. The summed E-state index contributed by atoms with van der Waals surface area (Å²) in [6.07, 6.45) is 2.31. The molecule has 1 atom stereocenters. The molecule has 116 valence electrons. The molecule has 6 heteroatoms. The molecule has 3 rings (SSSR count). The molecule has 1 N–H and O–H groups in total. The zero-order chi connectivity index (χ0) is 15.7. The van der Waals surface area contributed by atoms with E-state index in [0.29, 0.717) is 13.0 Å². The number of nitrogens with one attached hydrogen (secondary N) is 1. The topological polar surface area (TPSA) is 61.8 Å². The smallest absolute Gasteiger partial charge is 0.302 e. The predicted octanol–water partition coefficient (Wildman–Crippen LogP) is 3.24. The number of carbonyl (C=O) groups is 2. The minimum absolute atomic E-state index is 0.000716. The van der Waals surface area contributed by atoms with Gasteiger partial charge in [-0.25, -0.2) is 5.01 Å². The summed E-state index contributed by atoms with van der Waals surface area (Å²) in [4.78, 5) is 23.5. The number of amides is 2. The summed E-state index contributed by atoms with van der Waals surface area (Å²) < 4.78 is 0. The van der Waals surface area contributed by atoms with E-state index in [1.807, 2.05) is 26.0 Å². The molecule has 0 bridgehead atoms. The van der Waals surface area contributed by atoms with Crippen LogP contribution >= 0.6 is 11.8 Å². The molecule has 2 amide bonds. The highest BCUT2D eigenvalue weighted by atomic mass is 32.2. The summed E-state index contributed by atoms with van der Waals surface area (Å²) in [5.74, 6) is 0.0770. The summed E-state index contributed by atoms with van der Waals surface area (Å²) in [5, 5.41) is 9.00. The number of benzene rings is 1. The Morgan fingerprint density at radius 2 is 2.18 bits per heavy atom. The van der Waals surface area contributed by atoms with Gasteiger partial charge in [-0.3, -0.25) is 9.59 Å². The lowest BCUT2D eigenvalue weighted by atomic mass is 10.0. The molecule has 0 saturated heterocycles. The third-order valence-corrected chi connectivity index (χ3v) is 4.92. The Bertz CT molecular complexity index is 657. The largest absolute Gasteiger partial charge is 0.326 e. The standard InChI is InChI=1S/C16H19N3O2S/c1-3-19-16(21)22-10(2)15(18-19)12-7-8-13-11(9-12)5-4-6-14(20)17-13/h7-10H,3-6H2,1-2H3,(H,17,20). The summed E-state index contributed by atoms with van der Waals surface area (Å²) in [6.45, 7) is 4.49. The second-order valence-corrected chi connectivity index (χ2v) is 6.79. The third-order valence-electron chi connectivity index (χ3n) is 3.93. The first-order valence-corrected chi connectivity index (χ1v) is 8.46. The molecule has 1 aromatic carbocycles. The molecule has 0 aromatic heterocycles. The molecule has 2 heterocycles. The Labute approximate surface area is 134 Å². The van der Waals surface area contributed by atoms with Crippen molar-refractivity contribution in [2.75, 3.05) is 11.9 Å². The number of hydrazone groups is 1. The number of hydrogen-bond donors (Lipinski definition) is 1. The average Bonchev–Trinajstić information content (AvgIpc) is 2.67. The van der Waals surface area contributed by atoms with E-state index in [-0.39, 0.29) is 16.4 Å². The van der Waals surface area contributed by atoms with E-state index < -0.39 is 0 Å². The van der Waals surface area contributed by atoms with Gasteiger partial charge in [0.1, 0.15) is 0 Å². The monoisotopic (exact) mass is 317 g/mol. The van der Waals surface area contributed by atoms with Crippen LogP contribution in [0.3, 0.4) is 0 Å². The maximum atomic E-state index is 11.9. The van der Waals surface area contributed by atoms with Gasteiger partial charge in [0.05, 0.1) is 11.0 Å². The van der Waals surface area contributed by atoms with Gasteiger partial charge in [-0.2, -0.15) is 5.10 Å². The van der Waals surface area contributed by atoms with Gasteiger partial charge in [-0.1, -0.05) is 17.8 Å². The van der Waals surface area contributed by atoms with Crippen LogP contribution in [0.25, 0.3) is 0 Å². The first kappa shape index (κ1) is 15.1. The van der Waals surface area contributed by atoms with Gasteiger partial charge in [0.15, 0.2) is 0 Å². The van der Waals surface area contributed by atoms with Crippen LogP contribution in [0.5, 0.6) is 0 Å². The van der Waals surface area contributed by atoms with Crippen LogP contribution in [-0.2, 0) is 11.2 Å². The Morgan fingerprint density at radius 1 is 1.36 bits per heavy atom. The molecule has 0 fully saturated rings. The summed E-state index contributed by atoms with van der Waals surface area (Å²) >= 11 is 1.31. The van der Waals surface area contributed by atoms with Gasteiger partial charge in [-0.15, -0.1) is 0 Å². The molecule has 5 nitrogen and oxygen atoms in total. The number of thioether (sulfide) groups is 1. The van der Waals surface area contributed by atoms with E-state index in [1.54, 1.807) is 0 Å². The minimum atomic E-state index is 0.000716. The van der Waals surface area contributed by atoms with E-state index in [4.69, 9.17) is 0 Å². The number of rotatable bonds is 2. The number of fused-ring (bicyclic) bond motifs is 1. The predicted molar refractivity (Wildman–Crippen MR) is 89.4 cm³/mol. The lowest BCUT2D eigenvalue weighted by Gasteiger charge is -2.26. The molecule has 22 heavy (non-hydrogen) atoms. The Balaban J connectivity index is 1.97. The molecule has 0 aliphatic carbocycles. The number of anilines is 1. The van der Waals surface area contributed by atoms with Crippen LogP contribution in [0.1, 0.15) is 37.8 Å². The fraction of sp³-hybridized carbons (Fsp3) is 0.438. The average molecular weight is 317 g/mol. The van der Waals surface area contributed by atoms with Crippen molar-refractivity contribution in [1.29, 1.82) is 0 Å². The first-order chi connectivity index (χ1) is 10.6. The van der Waals surface area contributed by atoms with Crippen LogP contribution < -0.4 is 5.32 Å². The van der Waals surface area contributed by atoms with Gasteiger partial charge < -0.3 is 5.32 Å². The molecule has 2 aliphatic rings. The van der Waals surface area contributed by atoms with Crippen LogP contribution in [0.2, 0.25) is 0 Å². The molecule has 0 radical (unpaired) electrons. The van der Waals surface area contributed by atoms with Crippen molar-refractivity contribution >= 4 is 34.3 Å². The normalized spacial score (nSPS) is 21.8. The first-order valence-electron chi connectivity index (χ1n) is 7.58. The zero-order valence-corrected chi connectivity index (χ0v) is 13.6. The molecule has 2 aliphatic heterocycles. The summed E-state index contributed by atoms with van der Waals surface area (Å²) in [7, 11) is 0. The summed E-state index contributed by atoms with van der Waals surface area (Å²) in [5.41, 5.74) is 3.99. The molecule has 1 aromatic rings. The second-order valence-electron chi connectivity index (χ2n) is 5.50. The van der Waals surface area contributed by atoms with Crippen molar-refractivity contribution < 1.29 is 9.59 Å². The minimum Gasteiger partial charge on any atom is -0.326 e. The third kappa shape index (κ3) is 2.88. The Morgan fingerprint density at radius 3 is 2.95 bits per heavy atom. The Hall–Kier alpha value is -1.82. The SMILES string of the molecule is CCN1N=C(c2ccc3c(c2)CCCC(=O)N3)C(C)SC1=O. The molecular formula is C16H19N3O2S. The fourth-order valence-corrected chi connectivity index (χ4v) is 3.64. The number of aryl methyl sites for hydroxylation is 1. The van der Waals surface area contributed by atoms with E-state index in [1.165, 1.54) is 16.8 Å². The van der Waals surface area contributed by atoms with Gasteiger partial charge in [0.25, 0.3) is 0 Å². The van der Waals surface area contributed by atoms with Crippen molar-refractivity contribution in [1.82, 2.24) is 5.01 Å². The zero-order valence-electron chi connectivity index (χ0n) is 12.8. The highest BCUT2D eigenvalue weighted by Gasteiger charge is 2.27. The second kappa shape index (κ2) is 6.12. The molecule has 1 unspecified atom stereocenters. The van der Waals surface area contributed by atoms with Crippen molar-refractivity contribution in [2.45, 2.75) is 38.4 Å². The number of nitrogens with zero attached hydrogens (tertiary/aromatic N) is 2. The van der Waals surface area contributed by atoms with Gasteiger partial charge in [0, 0.05) is 18.7 Å². The van der Waals surface area contributed by atoms with Crippen LogP contribution in [-0.4, -0.2) is 33.7 Å². The van der Waals surface area contributed by atoms with Gasteiger partial charge in [0.2, 0.25) is 5.91 Å². The Kier molecular flexibility index (Phi) is 4.20. The molecular weight excluding hydrogens is 298 g/mol. The molecule has 0 saturated carbocycles. The van der Waals surface area contributed by atoms with E-state index in [0.717, 1.165) is 35.4 Å². The highest BCUT2D eigenvalue weighted by molar-refractivity contribution is 8.14. The number of hydrogen-bond acceptors (Lipinski definition) is 4. The van der Waals surface area contributed by atoms with Crippen molar-refractivity contribution in [3.63, 3.8) is 0 Å². The maximum Gasteiger partial charge on any atom is 0.302 e. The maximum absolute atomic E-state index is 11.9. The lowest BCUT2D eigenvalue weighted by Crippen LogP contribution is -2.33. The quantitative estimate of drug-likeness (QED) is 0.911. The van der Waals surface area contributed by atoms with Crippen LogP contribution in [0.15, 0.2) is 23.3 Å². The summed E-state index contributed by atoms with van der Waals surface area (Å²) in [6, 6.07) is 6.02. The van der Waals surface area contributed by atoms with Crippen LogP contribution in [0, 0.1) is 0 Å². The van der Waals surface area contributed by atoms with Crippen molar-refractivity contribution in [3.8, 4) is 0 Å². The highest BCUT2D eigenvalue weighted by Crippen LogP contribution is 2.29. The fourth-order valence-electron chi connectivity index (χ4n) is 2.75. The van der Waals surface area contributed by atoms with E-state index in [2.05, 4.69) is 16.5 Å². The van der Waals surface area contributed by atoms with Crippen molar-refractivity contribution in [3.05, 3.63) is 29.3 Å².